The van der Waals surface area contributed by atoms with Crippen LogP contribution in [-0.4, -0.2) is 62.7 Å². The minimum atomic E-state index is -0.337. The normalized spacial score (nSPS) is 17.9. The van der Waals surface area contributed by atoms with Gasteiger partial charge in [-0.15, -0.1) is 0 Å². The highest BCUT2D eigenvalue weighted by Gasteiger charge is 2.31. The Morgan fingerprint density at radius 1 is 1.03 bits per heavy atom. The minimum Gasteiger partial charge on any atom is -0.497 e. The molecule has 2 aromatic rings. The molecule has 0 aliphatic carbocycles. The molecule has 2 unspecified atom stereocenters. The summed E-state index contributed by atoms with van der Waals surface area (Å²) in [7, 11) is 2.99. The first-order chi connectivity index (χ1) is 14.4. The van der Waals surface area contributed by atoms with Crippen LogP contribution in [0.4, 0.5) is 11.4 Å². The van der Waals surface area contributed by atoms with Gasteiger partial charge in [0.1, 0.15) is 5.75 Å². The summed E-state index contributed by atoms with van der Waals surface area (Å²) in [6.45, 7) is 6.46. The Balaban J connectivity index is 1.58. The van der Waals surface area contributed by atoms with Crippen LogP contribution in [0.25, 0.3) is 0 Å². The van der Waals surface area contributed by atoms with E-state index in [9.17, 15) is 9.59 Å². The fourth-order valence-electron chi connectivity index (χ4n) is 3.78. The van der Waals surface area contributed by atoms with Crippen LogP contribution in [0, 0.1) is 0 Å². The number of amides is 1. The van der Waals surface area contributed by atoms with Gasteiger partial charge in [-0.25, -0.2) is 4.79 Å². The lowest BCUT2D eigenvalue weighted by atomic mass is 10.1. The number of carbonyl (C=O) groups excluding carboxylic acids is 2. The van der Waals surface area contributed by atoms with Crippen molar-refractivity contribution in [3.8, 4) is 5.75 Å². The molecule has 1 saturated heterocycles. The molecule has 1 heterocycles. The maximum atomic E-state index is 12.8. The summed E-state index contributed by atoms with van der Waals surface area (Å²) in [5.41, 5.74) is 2.35. The van der Waals surface area contributed by atoms with Gasteiger partial charge in [-0.1, -0.05) is 0 Å². The number of hydrogen-bond acceptors (Lipinski definition) is 6. The molecule has 0 bridgehead atoms. The summed E-state index contributed by atoms with van der Waals surface area (Å²) in [6, 6.07) is 14.7. The molecule has 1 aliphatic rings. The third kappa shape index (κ3) is 4.91. The van der Waals surface area contributed by atoms with Gasteiger partial charge < -0.3 is 19.7 Å². The average Bonchev–Trinajstić information content (AvgIpc) is 2.78. The smallest absolute Gasteiger partial charge is 0.337 e. The van der Waals surface area contributed by atoms with Gasteiger partial charge in [-0.2, -0.15) is 0 Å². The Morgan fingerprint density at radius 2 is 1.70 bits per heavy atom. The number of rotatable bonds is 6. The Hall–Kier alpha value is -3.06. The van der Waals surface area contributed by atoms with E-state index in [1.54, 1.807) is 19.2 Å². The Bertz CT molecular complexity index is 867. The van der Waals surface area contributed by atoms with Crippen LogP contribution in [-0.2, 0) is 9.53 Å². The van der Waals surface area contributed by atoms with Crippen molar-refractivity contribution in [2.24, 2.45) is 0 Å². The maximum absolute atomic E-state index is 12.8. The monoisotopic (exact) mass is 411 g/mol. The number of anilines is 2. The lowest BCUT2D eigenvalue weighted by Crippen LogP contribution is -2.57. The second-order valence-electron chi connectivity index (χ2n) is 7.47. The highest BCUT2D eigenvalue weighted by molar-refractivity contribution is 5.94. The van der Waals surface area contributed by atoms with Gasteiger partial charge in [0.05, 0.1) is 25.8 Å². The zero-order valence-corrected chi connectivity index (χ0v) is 17.9. The average molecular weight is 412 g/mol. The lowest BCUT2D eigenvalue weighted by Gasteiger charge is -2.43. The van der Waals surface area contributed by atoms with Gasteiger partial charge in [0, 0.05) is 37.1 Å². The van der Waals surface area contributed by atoms with Gasteiger partial charge in [0.2, 0.25) is 5.91 Å². The van der Waals surface area contributed by atoms with Crippen LogP contribution in [0.3, 0.4) is 0 Å². The molecule has 3 rings (SSSR count). The van der Waals surface area contributed by atoms with Crippen molar-refractivity contribution in [3.63, 3.8) is 0 Å². The molecule has 0 radical (unpaired) electrons. The lowest BCUT2D eigenvalue weighted by molar-refractivity contribution is -0.121. The van der Waals surface area contributed by atoms with Crippen molar-refractivity contribution >= 4 is 23.3 Å². The van der Waals surface area contributed by atoms with E-state index >= 15 is 0 Å². The molecule has 7 nitrogen and oxygen atoms in total. The number of nitrogens with one attached hydrogen (secondary N) is 1. The van der Waals surface area contributed by atoms with Crippen molar-refractivity contribution in [2.45, 2.75) is 25.9 Å². The first kappa shape index (κ1) is 21.6. The van der Waals surface area contributed by atoms with Crippen LogP contribution in [0.2, 0.25) is 0 Å². The highest BCUT2D eigenvalue weighted by Crippen LogP contribution is 2.22. The summed E-state index contributed by atoms with van der Waals surface area (Å²) in [5, 5.41) is 2.98. The van der Waals surface area contributed by atoms with Crippen LogP contribution in [0.15, 0.2) is 48.5 Å². The number of nitrogens with zero attached hydrogens (tertiary/aromatic N) is 2. The standard InChI is InChI=1S/C23H29N3O4/c1-16-15-25(20-9-5-18(6-10-20)23(28)30-4)13-14-26(16)17(2)22(27)24-19-7-11-21(29-3)12-8-19/h5-12,16-17H,13-15H2,1-4H3,(H,24,27). The third-order valence-electron chi connectivity index (χ3n) is 5.57. The molecule has 7 heteroatoms. The molecule has 1 N–H and O–H groups in total. The summed E-state index contributed by atoms with van der Waals surface area (Å²) in [4.78, 5) is 28.9. The molecule has 1 amide bonds. The second kappa shape index (κ2) is 9.63. The van der Waals surface area contributed by atoms with Crippen LogP contribution in [0.1, 0.15) is 24.2 Å². The van der Waals surface area contributed by atoms with Crippen LogP contribution < -0.4 is 15.0 Å². The maximum Gasteiger partial charge on any atom is 0.337 e. The number of piperazine rings is 1. The minimum absolute atomic E-state index is 0.0251. The highest BCUT2D eigenvalue weighted by atomic mass is 16.5. The molecule has 2 atom stereocenters. The van der Waals surface area contributed by atoms with Crippen LogP contribution >= 0.6 is 0 Å². The van der Waals surface area contributed by atoms with E-state index < -0.39 is 0 Å². The van der Waals surface area contributed by atoms with Gasteiger partial charge in [-0.3, -0.25) is 9.69 Å². The molecule has 30 heavy (non-hydrogen) atoms. The van der Waals surface area contributed by atoms with E-state index in [1.807, 2.05) is 43.3 Å². The molecule has 0 spiro atoms. The van der Waals surface area contributed by atoms with E-state index in [1.165, 1.54) is 7.11 Å². The number of ether oxygens (including phenoxy) is 2. The van der Waals surface area contributed by atoms with Crippen molar-refractivity contribution in [2.75, 3.05) is 44.1 Å². The van der Waals surface area contributed by atoms with Gasteiger partial charge in [0.25, 0.3) is 0 Å². The molecule has 1 fully saturated rings. The molecular weight excluding hydrogens is 382 g/mol. The molecule has 0 aromatic heterocycles. The Morgan fingerprint density at radius 3 is 2.27 bits per heavy atom. The van der Waals surface area contributed by atoms with Crippen molar-refractivity contribution in [1.82, 2.24) is 4.90 Å². The van der Waals surface area contributed by atoms with E-state index in [4.69, 9.17) is 9.47 Å². The van der Waals surface area contributed by atoms with Crippen molar-refractivity contribution < 1.29 is 19.1 Å². The third-order valence-corrected chi connectivity index (χ3v) is 5.57. The van der Waals surface area contributed by atoms with E-state index in [-0.39, 0.29) is 24.0 Å². The number of methoxy groups -OCH3 is 2. The number of benzene rings is 2. The van der Waals surface area contributed by atoms with Crippen molar-refractivity contribution in [3.05, 3.63) is 54.1 Å². The van der Waals surface area contributed by atoms with Crippen molar-refractivity contribution in [1.29, 1.82) is 0 Å². The summed E-state index contributed by atoms with van der Waals surface area (Å²) in [5.74, 6) is 0.393. The van der Waals surface area contributed by atoms with Crippen LogP contribution in [0.5, 0.6) is 5.75 Å². The summed E-state index contributed by atoms with van der Waals surface area (Å²) in [6.07, 6.45) is 0. The number of esters is 1. The molecule has 2 aromatic carbocycles. The fraction of sp³-hybridized carbons (Fsp3) is 0.391. The topological polar surface area (TPSA) is 71.1 Å². The quantitative estimate of drug-likeness (QED) is 0.737. The SMILES string of the molecule is COC(=O)c1ccc(N2CCN(C(C)C(=O)Nc3ccc(OC)cc3)C(C)C2)cc1. The van der Waals surface area contributed by atoms with Gasteiger partial charge in [-0.05, 0) is 62.4 Å². The molecule has 160 valence electrons. The van der Waals surface area contributed by atoms with Gasteiger partial charge in [0.15, 0.2) is 0 Å². The molecule has 1 aliphatic heterocycles. The second-order valence-corrected chi connectivity index (χ2v) is 7.47. The van der Waals surface area contributed by atoms with E-state index in [0.29, 0.717) is 5.56 Å². The van der Waals surface area contributed by atoms with Gasteiger partial charge >= 0.3 is 5.97 Å². The number of hydrogen-bond donors (Lipinski definition) is 1. The Labute approximate surface area is 177 Å². The predicted molar refractivity (Wildman–Crippen MR) is 117 cm³/mol. The summed E-state index contributed by atoms with van der Waals surface area (Å²) >= 11 is 0. The zero-order chi connectivity index (χ0) is 21.7. The molecular formula is C23H29N3O4. The number of carbonyl (C=O) groups is 2. The van der Waals surface area contributed by atoms with E-state index in [0.717, 1.165) is 36.8 Å². The largest absolute Gasteiger partial charge is 0.497 e. The first-order valence-corrected chi connectivity index (χ1v) is 10.1. The van der Waals surface area contributed by atoms with E-state index in [2.05, 4.69) is 22.0 Å². The first-order valence-electron chi connectivity index (χ1n) is 10.1. The summed E-state index contributed by atoms with van der Waals surface area (Å²) < 4.78 is 9.91. The zero-order valence-electron chi connectivity index (χ0n) is 17.9. The molecule has 0 saturated carbocycles. The fourth-order valence-corrected chi connectivity index (χ4v) is 3.78. The Kier molecular flexibility index (Phi) is 6.95. The predicted octanol–water partition coefficient (Wildman–Crippen LogP) is 3.02.